The van der Waals surface area contributed by atoms with E-state index in [1.807, 2.05) is 11.3 Å². The van der Waals surface area contributed by atoms with Gasteiger partial charge in [-0.1, -0.05) is 13.0 Å². The van der Waals surface area contributed by atoms with Gasteiger partial charge < -0.3 is 10.6 Å². The lowest BCUT2D eigenvalue weighted by molar-refractivity contribution is 0.301. The van der Waals surface area contributed by atoms with Crippen molar-refractivity contribution in [2.75, 3.05) is 26.2 Å². The van der Waals surface area contributed by atoms with E-state index >= 15 is 0 Å². The number of nitrogens with two attached hydrogens (primary N) is 1. The van der Waals surface area contributed by atoms with Gasteiger partial charge >= 0.3 is 0 Å². The van der Waals surface area contributed by atoms with Crippen LogP contribution in [0.1, 0.15) is 11.8 Å². The lowest BCUT2D eigenvalue weighted by atomic mass is 10.3. The summed E-state index contributed by atoms with van der Waals surface area (Å²) in [6.07, 6.45) is 1.16. The Morgan fingerprint density at radius 3 is 2.85 bits per heavy atom. The van der Waals surface area contributed by atoms with Crippen LogP contribution in [0.4, 0.5) is 0 Å². The molecular weight excluding hydrogens is 180 g/mol. The monoisotopic (exact) mass is 198 g/mol. The molecular formula is C10H18N2S. The van der Waals surface area contributed by atoms with Crippen molar-refractivity contribution in [1.29, 1.82) is 0 Å². The molecule has 0 aliphatic rings. The number of likely N-dealkylation sites (N-methyl/N-ethyl adjacent to an activating group) is 1. The van der Waals surface area contributed by atoms with Crippen LogP contribution in [0.3, 0.4) is 0 Å². The molecule has 1 rings (SSSR count). The molecule has 2 nitrogen and oxygen atoms in total. The summed E-state index contributed by atoms with van der Waals surface area (Å²) >= 11 is 1.84. The van der Waals surface area contributed by atoms with Gasteiger partial charge in [0.2, 0.25) is 0 Å². The Kier molecular flexibility index (Phi) is 5.05. The highest BCUT2D eigenvalue weighted by atomic mass is 32.1. The minimum atomic E-state index is 0.762. The van der Waals surface area contributed by atoms with Crippen molar-refractivity contribution >= 4 is 11.3 Å². The SMILES string of the molecule is CCN(CCN)CCc1cccs1. The van der Waals surface area contributed by atoms with Crippen molar-refractivity contribution in [3.63, 3.8) is 0 Å². The van der Waals surface area contributed by atoms with E-state index in [4.69, 9.17) is 5.73 Å². The number of hydrogen-bond acceptors (Lipinski definition) is 3. The van der Waals surface area contributed by atoms with Crippen LogP contribution in [0.15, 0.2) is 17.5 Å². The van der Waals surface area contributed by atoms with E-state index in [1.54, 1.807) is 0 Å². The number of hydrogen-bond donors (Lipinski definition) is 1. The lowest BCUT2D eigenvalue weighted by Crippen LogP contribution is -2.31. The Balaban J connectivity index is 2.23. The third-order valence-electron chi connectivity index (χ3n) is 2.15. The summed E-state index contributed by atoms with van der Waals surface area (Å²) in [5, 5.41) is 2.13. The van der Waals surface area contributed by atoms with Crippen LogP contribution in [0.5, 0.6) is 0 Å². The third kappa shape index (κ3) is 3.89. The van der Waals surface area contributed by atoms with Crippen LogP contribution < -0.4 is 5.73 Å². The van der Waals surface area contributed by atoms with Crippen LogP contribution in [-0.2, 0) is 6.42 Å². The van der Waals surface area contributed by atoms with Crippen molar-refractivity contribution in [2.45, 2.75) is 13.3 Å². The van der Waals surface area contributed by atoms with Gasteiger partial charge in [0.05, 0.1) is 0 Å². The summed E-state index contributed by atoms with van der Waals surface area (Å²) in [5.74, 6) is 0. The Morgan fingerprint density at radius 2 is 2.31 bits per heavy atom. The first kappa shape index (κ1) is 10.7. The predicted molar refractivity (Wildman–Crippen MR) is 59.2 cm³/mol. The Bertz CT molecular complexity index is 209. The molecule has 0 saturated carbocycles. The third-order valence-corrected chi connectivity index (χ3v) is 3.08. The fourth-order valence-electron chi connectivity index (χ4n) is 1.33. The molecule has 0 spiro atoms. The Hall–Kier alpha value is -0.380. The molecule has 0 amide bonds. The predicted octanol–water partition coefficient (Wildman–Crippen LogP) is 1.57. The largest absolute Gasteiger partial charge is 0.329 e. The van der Waals surface area contributed by atoms with Crippen LogP contribution in [0.2, 0.25) is 0 Å². The molecule has 0 aromatic carbocycles. The minimum Gasteiger partial charge on any atom is -0.329 e. The van der Waals surface area contributed by atoms with Gasteiger partial charge in [0.25, 0.3) is 0 Å². The maximum absolute atomic E-state index is 5.51. The summed E-state index contributed by atoms with van der Waals surface area (Å²) in [4.78, 5) is 3.86. The second-order valence-corrected chi connectivity index (χ2v) is 4.08. The average molecular weight is 198 g/mol. The zero-order valence-corrected chi connectivity index (χ0v) is 9.02. The van der Waals surface area contributed by atoms with Gasteiger partial charge in [0.15, 0.2) is 0 Å². The Labute approximate surface area is 84.4 Å². The molecule has 0 fully saturated rings. The van der Waals surface area contributed by atoms with Crippen LogP contribution in [0, 0.1) is 0 Å². The second kappa shape index (κ2) is 6.13. The molecule has 0 unspecified atom stereocenters. The zero-order chi connectivity index (χ0) is 9.52. The normalized spacial score (nSPS) is 11.0. The van der Waals surface area contributed by atoms with Crippen molar-refractivity contribution < 1.29 is 0 Å². The number of nitrogens with zero attached hydrogens (tertiary/aromatic N) is 1. The quantitative estimate of drug-likeness (QED) is 0.752. The standard InChI is InChI=1S/C10H18N2S/c1-2-12(8-6-11)7-5-10-4-3-9-13-10/h3-4,9H,2,5-8,11H2,1H3. The highest BCUT2D eigenvalue weighted by Gasteiger charge is 2.01. The number of thiophene rings is 1. The summed E-state index contributed by atoms with van der Waals surface area (Å²) in [5.41, 5.74) is 5.51. The van der Waals surface area contributed by atoms with E-state index in [0.29, 0.717) is 0 Å². The Morgan fingerprint density at radius 1 is 1.46 bits per heavy atom. The maximum Gasteiger partial charge on any atom is 0.0105 e. The number of rotatable bonds is 6. The molecule has 1 heterocycles. The fraction of sp³-hybridized carbons (Fsp3) is 0.600. The molecule has 0 saturated heterocycles. The van der Waals surface area contributed by atoms with Gasteiger partial charge in [-0.25, -0.2) is 0 Å². The van der Waals surface area contributed by atoms with Gasteiger partial charge in [-0.2, -0.15) is 0 Å². The fourth-order valence-corrected chi connectivity index (χ4v) is 2.03. The van der Waals surface area contributed by atoms with Crippen LogP contribution in [0.25, 0.3) is 0 Å². The van der Waals surface area contributed by atoms with E-state index in [-0.39, 0.29) is 0 Å². The second-order valence-electron chi connectivity index (χ2n) is 3.05. The molecule has 0 aliphatic heterocycles. The molecule has 74 valence electrons. The first-order chi connectivity index (χ1) is 6.36. The van der Waals surface area contributed by atoms with Crippen molar-refractivity contribution in [3.8, 4) is 0 Å². The first-order valence-corrected chi connectivity index (χ1v) is 5.69. The van der Waals surface area contributed by atoms with E-state index in [1.165, 1.54) is 4.88 Å². The van der Waals surface area contributed by atoms with E-state index in [0.717, 1.165) is 32.6 Å². The molecule has 1 aromatic rings. The molecule has 1 aromatic heterocycles. The van der Waals surface area contributed by atoms with E-state index in [2.05, 4.69) is 29.3 Å². The lowest BCUT2D eigenvalue weighted by Gasteiger charge is -2.18. The van der Waals surface area contributed by atoms with Gasteiger partial charge in [-0.3, -0.25) is 0 Å². The van der Waals surface area contributed by atoms with Crippen molar-refractivity contribution in [2.24, 2.45) is 5.73 Å². The zero-order valence-electron chi connectivity index (χ0n) is 8.20. The summed E-state index contributed by atoms with van der Waals surface area (Å²) in [6.45, 7) is 6.20. The highest BCUT2D eigenvalue weighted by molar-refractivity contribution is 7.09. The van der Waals surface area contributed by atoms with Gasteiger partial charge in [-0.05, 0) is 24.4 Å². The van der Waals surface area contributed by atoms with E-state index < -0.39 is 0 Å². The maximum atomic E-state index is 5.51. The molecule has 0 atom stereocenters. The van der Waals surface area contributed by atoms with E-state index in [9.17, 15) is 0 Å². The van der Waals surface area contributed by atoms with Crippen LogP contribution >= 0.6 is 11.3 Å². The first-order valence-electron chi connectivity index (χ1n) is 4.81. The molecule has 13 heavy (non-hydrogen) atoms. The summed E-state index contributed by atoms with van der Waals surface area (Å²) in [7, 11) is 0. The van der Waals surface area contributed by atoms with Gasteiger partial charge in [0.1, 0.15) is 0 Å². The smallest absolute Gasteiger partial charge is 0.0105 e. The molecule has 0 bridgehead atoms. The van der Waals surface area contributed by atoms with Gasteiger partial charge in [-0.15, -0.1) is 11.3 Å². The highest BCUT2D eigenvalue weighted by Crippen LogP contribution is 2.09. The summed E-state index contributed by atoms with van der Waals surface area (Å²) in [6, 6.07) is 4.31. The van der Waals surface area contributed by atoms with Gasteiger partial charge in [0, 0.05) is 24.5 Å². The minimum absolute atomic E-state index is 0.762. The molecule has 0 aliphatic carbocycles. The van der Waals surface area contributed by atoms with Crippen molar-refractivity contribution in [1.82, 2.24) is 4.90 Å². The topological polar surface area (TPSA) is 29.3 Å². The molecule has 0 radical (unpaired) electrons. The molecule has 3 heteroatoms. The van der Waals surface area contributed by atoms with Crippen molar-refractivity contribution in [3.05, 3.63) is 22.4 Å². The van der Waals surface area contributed by atoms with Crippen LogP contribution in [-0.4, -0.2) is 31.1 Å². The molecule has 2 N–H and O–H groups in total. The summed E-state index contributed by atoms with van der Waals surface area (Å²) < 4.78 is 0. The average Bonchev–Trinajstić information content (AvgIpc) is 2.64.